The minimum atomic E-state index is -0.367. The van der Waals surface area contributed by atoms with Crippen molar-refractivity contribution in [1.29, 1.82) is 0 Å². The molecule has 0 amide bonds. The van der Waals surface area contributed by atoms with Gasteiger partial charge in [-0.05, 0) is 50.3 Å². The van der Waals surface area contributed by atoms with Crippen LogP contribution in [0, 0.1) is 5.92 Å². The van der Waals surface area contributed by atoms with Gasteiger partial charge in [0.05, 0.1) is 5.92 Å². The van der Waals surface area contributed by atoms with Gasteiger partial charge >= 0.3 is 5.97 Å². The van der Waals surface area contributed by atoms with E-state index in [1.54, 1.807) is 0 Å². The Balaban J connectivity index is 1.88. The first-order valence-electron chi connectivity index (χ1n) is 7.78. The Hall–Kier alpha value is -1.35. The number of benzene rings is 1. The maximum atomic E-state index is 12.1. The molecule has 2 rings (SSSR count). The second-order valence-corrected chi connectivity index (χ2v) is 7.05. The minimum absolute atomic E-state index is 0.0431. The number of cyclic esters (lactones) is 1. The third-order valence-corrected chi connectivity index (χ3v) is 4.68. The van der Waals surface area contributed by atoms with Gasteiger partial charge in [0.2, 0.25) is 0 Å². The van der Waals surface area contributed by atoms with Crippen molar-refractivity contribution < 1.29 is 9.53 Å². The first kappa shape index (κ1) is 17.0. The molecule has 1 aliphatic heterocycles. The normalized spacial score (nSPS) is 25.2. The predicted molar refractivity (Wildman–Crippen MR) is 94.4 cm³/mol. The first-order chi connectivity index (χ1) is 10.5. The Morgan fingerprint density at radius 2 is 2.14 bits per heavy atom. The summed E-state index contributed by atoms with van der Waals surface area (Å²) in [5, 5.41) is 0. The second kappa shape index (κ2) is 7.77. The van der Waals surface area contributed by atoms with E-state index in [1.165, 1.54) is 0 Å². The lowest BCUT2D eigenvalue weighted by Gasteiger charge is -2.36. The summed E-state index contributed by atoms with van der Waals surface area (Å²) in [5.41, 5.74) is 0.783. The highest BCUT2D eigenvalue weighted by Gasteiger charge is 2.36. The lowest BCUT2D eigenvalue weighted by atomic mass is 9.85. The average molecular weight is 363 g/mol. The van der Waals surface area contributed by atoms with E-state index in [0.29, 0.717) is 0 Å². The smallest absolute Gasteiger partial charge is 0.309 e. The van der Waals surface area contributed by atoms with Crippen molar-refractivity contribution in [2.24, 2.45) is 5.92 Å². The van der Waals surface area contributed by atoms with E-state index in [1.807, 2.05) is 25.1 Å². The van der Waals surface area contributed by atoms with Crippen molar-refractivity contribution in [1.82, 2.24) is 0 Å². The molecule has 2 nitrogen and oxygen atoms in total. The summed E-state index contributed by atoms with van der Waals surface area (Å²) in [4.78, 5) is 12.1. The zero-order valence-corrected chi connectivity index (χ0v) is 14.6. The largest absolute Gasteiger partial charge is 0.459 e. The molecule has 2 atom stereocenters. The zero-order chi connectivity index (χ0) is 16.0. The highest BCUT2D eigenvalue weighted by Crippen LogP contribution is 2.34. The van der Waals surface area contributed by atoms with Crippen LogP contribution < -0.4 is 0 Å². The number of hydrogen-bond acceptors (Lipinski definition) is 2. The van der Waals surface area contributed by atoms with E-state index in [-0.39, 0.29) is 17.5 Å². The lowest BCUT2D eigenvalue weighted by molar-refractivity contribution is -0.172. The van der Waals surface area contributed by atoms with E-state index in [4.69, 9.17) is 4.74 Å². The molecule has 0 spiro atoms. The third kappa shape index (κ3) is 4.84. The van der Waals surface area contributed by atoms with Crippen LogP contribution >= 0.6 is 15.9 Å². The fourth-order valence-corrected chi connectivity index (χ4v) is 2.98. The maximum Gasteiger partial charge on any atom is 0.309 e. The Bertz CT molecular complexity index is 547. The molecule has 0 unspecified atom stereocenters. The predicted octanol–water partition coefficient (Wildman–Crippen LogP) is 5.53. The van der Waals surface area contributed by atoms with Gasteiger partial charge in [-0.15, -0.1) is 6.58 Å². The summed E-state index contributed by atoms with van der Waals surface area (Å²) >= 11 is 3.43. The van der Waals surface area contributed by atoms with Gasteiger partial charge in [0.1, 0.15) is 5.60 Å². The summed E-state index contributed by atoms with van der Waals surface area (Å²) in [5.74, 6) is -0.00540. The maximum absolute atomic E-state index is 12.1. The third-order valence-electron chi connectivity index (χ3n) is 4.15. The van der Waals surface area contributed by atoms with Crippen molar-refractivity contribution in [3.05, 3.63) is 53.0 Å². The van der Waals surface area contributed by atoms with Crippen molar-refractivity contribution in [3.63, 3.8) is 0 Å². The molecule has 0 bridgehead atoms. The molecular weight excluding hydrogens is 340 g/mol. The molecular formula is C19H23BrO2. The number of esters is 1. The SMILES string of the molecule is C=CCC[C@H]1CC[C@@](C)(C/C=C/c2ccc(Br)cc2)OC1=O. The Morgan fingerprint density at radius 1 is 1.41 bits per heavy atom. The second-order valence-electron chi connectivity index (χ2n) is 6.13. The fraction of sp³-hybridized carbons (Fsp3) is 0.421. The van der Waals surface area contributed by atoms with Gasteiger partial charge in [-0.2, -0.15) is 0 Å². The van der Waals surface area contributed by atoms with Crippen LogP contribution in [0.5, 0.6) is 0 Å². The molecule has 1 aliphatic rings. The number of rotatable bonds is 6. The summed E-state index contributed by atoms with van der Waals surface area (Å²) in [6, 6.07) is 8.15. The van der Waals surface area contributed by atoms with Crippen molar-refractivity contribution in [2.45, 2.75) is 44.6 Å². The Kier molecular flexibility index (Phi) is 6.01. The topological polar surface area (TPSA) is 26.3 Å². The Morgan fingerprint density at radius 3 is 2.77 bits per heavy atom. The van der Waals surface area contributed by atoms with Crippen LogP contribution in [-0.4, -0.2) is 11.6 Å². The summed E-state index contributed by atoms with van der Waals surface area (Å²) in [6.45, 7) is 5.74. The summed E-state index contributed by atoms with van der Waals surface area (Å²) in [7, 11) is 0. The fourth-order valence-electron chi connectivity index (χ4n) is 2.72. The van der Waals surface area contributed by atoms with Crippen LogP contribution in [0.25, 0.3) is 6.08 Å². The number of ether oxygens (including phenoxy) is 1. The van der Waals surface area contributed by atoms with Gasteiger partial charge in [0.15, 0.2) is 0 Å². The van der Waals surface area contributed by atoms with E-state index >= 15 is 0 Å². The number of halogens is 1. The van der Waals surface area contributed by atoms with Crippen LogP contribution in [-0.2, 0) is 9.53 Å². The molecule has 1 aromatic rings. The number of allylic oxidation sites excluding steroid dienone is 1. The van der Waals surface area contributed by atoms with Crippen LogP contribution in [0.15, 0.2) is 47.5 Å². The van der Waals surface area contributed by atoms with Gasteiger partial charge < -0.3 is 4.74 Å². The average Bonchev–Trinajstić information content (AvgIpc) is 2.48. The van der Waals surface area contributed by atoms with E-state index in [0.717, 1.165) is 42.1 Å². The number of carbonyl (C=O) groups is 1. The van der Waals surface area contributed by atoms with Crippen LogP contribution in [0.4, 0.5) is 0 Å². The molecule has 118 valence electrons. The van der Waals surface area contributed by atoms with Crippen molar-refractivity contribution in [3.8, 4) is 0 Å². The van der Waals surface area contributed by atoms with E-state index in [2.05, 4.69) is 46.8 Å². The van der Waals surface area contributed by atoms with Crippen LogP contribution in [0.1, 0.15) is 44.6 Å². The molecule has 0 saturated carbocycles. The lowest BCUT2D eigenvalue weighted by Crippen LogP contribution is -2.39. The molecule has 0 radical (unpaired) electrons. The number of carbonyl (C=O) groups excluding carboxylic acids is 1. The van der Waals surface area contributed by atoms with Crippen LogP contribution in [0.3, 0.4) is 0 Å². The minimum Gasteiger partial charge on any atom is -0.459 e. The number of hydrogen-bond donors (Lipinski definition) is 0. The molecule has 1 heterocycles. The molecule has 0 aliphatic carbocycles. The monoisotopic (exact) mass is 362 g/mol. The van der Waals surface area contributed by atoms with Gasteiger partial charge in [0.25, 0.3) is 0 Å². The first-order valence-corrected chi connectivity index (χ1v) is 8.57. The zero-order valence-electron chi connectivity index (χ0n) is 13.1. The standard InChI is InChI=1S/C19H23BrO2/c1-3-4-7-16-12-14-19(2,22-18(16)21)13-5-6-15-8-10-17(20)11-9-15/h3,5-6,8-11,16H,1,4,7,12-14H2,2H3/b6-5+/t16-,19+/m0/s1. The molecule has 1 aromatic carbocycles. The van der Waals surface area contributed by atoms with Crippen molar-refractivity contribution >= 4 is 28.0 Å². The van der Waals surface area contributed by atoms with Crippen molar-refractivity contribution in [2.75, 3.05) is 0 Å². The molecule has 22 heavy (non-hydrogen) atoms. The van der Waals surface area contributed by atoms with E-state index in [9.17, 15) is 4.79 Å². The van der Waals surface area contributed by atoms with Crippen LogP contribution in [0.2, 0.25) is 0 Å². The summed E-state index contributed by atoms with van der Waals surface area (Å²) < 4.78 is 6.78. The molecule has 0 N–H and O–H groups in total. The quantitative estimate of drug-likeness (QED) is 0.491. The molecule has 1 fully saturated rings. The highest BCUT2D eigenvalue weighted by molar-refractivity contribution is 9.10. The summed E-state index contributed by atoms with van der Waals surface area (Å²) in [6.07, 6.45) is 10.4. The molecule has 3 heteroatoms. The molecule has 0 aromatic heterocycles. The Labute approximate surface area is 141 Å². The van der Waals surface area contributed by atoms with Gasteiger partial charge in [-0.3, -0.25) is 4.79 Å². The van der Waals surface area contributed by atoms with Gasteiger partial charge in [0, 0.05) is 10.9 Å². The van der Waals surface area contributed by atoms with Gasteiger partial charge in [-0.25, -0.2) is 0 Å². The van der Waals surface area contributed by atoms with Gasteiger partial charge in [-0.1, -0.05) is 46.3 Å². The highest BCUT2D eigenvalue weighted by atomic mass is 79.9. The van der Waals surface area contributed by atoms with E-state index < -0.39 is 0 Å². The molecule has 1 saturated heterocycles.